The lowest BCUT2D eigenvalue weighted by Crippen LogP contribution is -2.42. The van der Waals surface area contributed by atoms with Crippen LogP contribution in [0.2, 0.25) is 0 Å². The summed E-state index contributed by atoms with van der Waals surface area (Å²) in [6, 6.07) is 10.7. The van der Waals surface area contributed by atoms with Crippen LogP contribution in [-0.2, 0) is 15.8 Å². The fraction of sp³-hybridized carbons (Fsp3) is 0.174. The molecule has 2 amide bonds. The summed E-state index contributed by atoms with van der Waals surface area (Å²) in [6.07, 6.45) is -2.78. The van der Waals surface area contributed by atoms with E-state index < -0.39 is 17.6 Å². The molecule has 1 saturated heterocycles. The molecule has 1 unspecified atom stereocenters. The number of para-hydroxylation sites is 1. The molecule has 0 aliphatic carbocycles. The van der Waals surface area contributed by atoms with Crippen molar-refractivity contribution in [3.63, 3.8) is 0 Å². The Hall–Kier alpha value is -4.08. The Labute approximate surface area is 188 Å². The summed E-state index contributed by atoms with van der Waals surface area (Å²) in [5.41, 5.74) is 5.58. The highest BCUT2D eigenvalue weighted by Crippen LogP contribution is 2.30. The molecule has 10 heteroatoms. The lowest BCUT2D eigenvalue weighted by atomic mass is 9.96. The van der Waals surface area contributed by atoms with E-state index in [0.717, 1.165) is 35.9 Å². The summed E-state index contributed by atoms with van der Waals surface area (Å²) in [6.45, 7) is 3.86. The van der Waals surface area contributed by atoms with Crippen molar-refractivity contribution in [3.05, 3.63) is 89.3 Å². The summed E-state index contributed by atoms with van der Waals surface area (Å²) >= 11 is 0. The molecule has 7 nitrogen and oxygen atoms in total. The Balaban J connectivity index is 1.94. The number of hydrogen-bond donors (Lipinski definition) is 5. The van der Waals surface area contributed by atoms with Crippen LogP contribution in [0.1, 0.15) is 29.2 Å². The number of amides is 2. The topological polar surface area (TPSA) is 120 Å². The molecular weight excluding hydrogens is 435 g/mol. The first-order valence-corrected chi connectivity index (χ1v) is 9.95. The van der Waals surface area contributed by atoms with Crippen molar-refractivity contribution in [1.82, 2.24) is 10.6 Å². The predicted octanol–water partition coefficient (Wildman–Crippen LogP) is 3.22. The SMILES string of the molecule is C=CC(=O)Nc1ccccc1C1CCN/C(=C(/C(=N)c2ccc(C(F)(F)F)cc2)C(N)=O)N1. The van der Waals surface area contributed by atoms with E-state index in [1.54, 1.807) is 18.2 Å². The summed E-state index contributed by atoms with van der Waals surface area (Å²) in [5, 5.41) is 17.3. The summed E-state index contributed by atoms with van der Waals surface area (Å²) in [5.74, 6) is -1.11. The Bertz CT molecular complexity index is 1120. The van der Waals surface area contributed by atoms with Crippen molar-refractivity contribution in [2.75, 3.05) is 11.9 Å². The van der Waals surface area contributed by atoms with Gasteiger partial charge in [-0.1, -0.05) is 36.9 Å². The first-order valence-electron chi connectivity index (χ1n) is 9.95. The molecule has 6 N–H and O–H groups in total. The smallest absolute Gasteiger partial charge is 0.371 e. The fourth-order valence-electron chi connectivity index (χ4n) is 3.47. The zero-order valence-corrected chi connectivity index (χ0v) is 17.4. The number of nitrogens with one attached hydrogen (secondary N) is 4. The van der Waals surface area contributed by atoms with Crippen LogP contribution < -0.4 is 21.7 Å². The van der Waals surface area contributed by atoms with Gasteiger partial charge in [0.15, 0.2) is 0 Å². The van der Waals surface area contributed by atoms with Gasteiger partial charge in [-0.15, -0.1) is 0 Å². The molecule has 172 valence electrons. The van der Waals surface area contributed by atoms with Crippen LogP contribution in [0.15, 0.2) is 72.6 Å². The number of carbonyl (C=O) groups excluding carboxylic acids is 2. The molecule has 0 radical (unpaired) electrons. The number of benzene rings is 2. The summed E-state index contributed by atoms with van der Waals surface area (Å²) in [4.78, 5) is 24.0. The highest BCUT2D eigenvalue weighted by molar-refractivity contribution is 6.26. The molecule has 1 atom stereocenters. The molecule has 0 saturated carbocycles. The van der Waals surface area contributed by atoms with Gasteiger partial charge in [0.2, 0.25) is 5.91 Å². The van der Waals surface area contributed by atoms with E-state index in [0.29, 0.717) is 18.7 Å². The van der Waals surface area contributed by atoms with E-state index in [9.17, 15) is 22.8 Å². The number of carbonyl (C=O) groups is 2. The van der Waals surface area contributed by atoms with Gasteiger partial charge >= 0.3 is 6.18 Å². The minimum atomic E-state index is -4.51. The number of primary amides is 1. The molecule has 1 fully saturated rings. The largest absolute Gasteiger partial charge is 0.416 e. The van der Waals surface area contributed by atoms with Gasteiger partial charge < -0.3 is 21.7 Å². The molecule has 1 aliphatic heterocycles. The van der Waals surface area contributed by atoms with Crippen molar-refractivity contribution in [1.29, 1.82) is 5.41 Å². The predicted molar refractivity (Wildman–Crippen MR) is 118 cm³/mol. The normalized spacial score (nSPS) is 17.2. The molecule has 0 bridgehead atoms. The van der Waals surface area contributed by atoms with Crippen molar-refractivity contribution in [2.45, 2.75) is 18.6 Å². The Morgan fingerprint density at radius 1 is 1.15 bits per heavy atom. The van der Waals surface area contributed by atoms with E-state index in [1.165, 1.54) is 0 Å². The molecule has 0 spiro atoms. The van der Waals surface area contributed by atoms with Gasteiger partial charge in [0.25, 0.3) is 5.91 Å². The van der Waals surface area contributed by atoms with Crippen molar-refractivity contribution in [2.24, 2.45) is 5.73 Å². The number of hydrogen-bond acceptors (Lipinski definition) is 5. The quantitative estimate of drug-likeness (QED) is 0.338. The van der Waals surface area contributed by atoms with E-state index in [4.69, 9.17) is 11.1 Å². The molecule has 0 aromatic heterocycles. The first-order chi connectivity index (χ1) is 15.6. The third kappa shape index (κ3) is 5.40. The highest BCUT2D eigenvalue weighted by Gasteiger charge is 2.31. The zero-order chi connectivity index (χ0) is 24.2. The number of anilines is 1. The van der Waals surface area contributed by atoms with Crippen LogP contribution in [0.3, 0.4) is 0 Å². The number of halogens is 3. The maximum Gasteiger partial charge on any atom is 0.416 e. The number of rotatable bonds is 6. The summed E-state index contributed by atoms with van der Waals surface area (Å²) < 4.78 is 38.5. The third-order valence-electron chi connectivity index (χ3n) is 5.08. The maximum atomic E-state index is 12.8. The molecule has 1 aliphatic rings. The van der Waals surface area contributed by atoms with E-state index in [2.05, 4.69) is 22.5 Å². The second-order valence-electron chi connectivity index (χ2n) is 7.26. The van der Waals surface area contributed by atoms with Gasteiger partial charge in [-0.25, -0.2) is 0 Å². The minimum absolute atomic E-state index is 0.105. The number of alkyl halides is 3. The zero-order valence-electron chi connectivity index (χ0n) is 17.4. The Morgan fingerprint density at radius 3 is 2.42 bits per heavy atom. The van der Waals surface area contributed by atoms with Crippen LogP contribution in [0, 0.1) is 5.41 Å². The Kier molecular flexibility index (Phi) is 6.86. The molecule has 33 heavy (non-hydrogen) atoms. The van der Waals surface area contributed by atoms with Crippen molar-refractivity contribution >= 4 is 23.2 Å². The van der Waals surface area contributed by atoms with Gasteiger partial charge in [-0.2, -0.15) is 13.2 Å². The van der Waals surface area contributed by atoms with Gasteiger partial charge in [0.1, 0.15) is 11.4 Å². The molecule has 2 aromatic rings. The minimum Gasteiger partial charge on any atom is -0.371 e. The molecule has 3 rings (SSSR count). The lowest BCUT2D eigenvalue weighted by molar-refractivity contribution is -0.137. The van der Waals surface area contributed by atoms with E-state index >= 15 is 0 Å². The van der Waals surface area contributed by atoms with Crippen molar-refractivity contribution in [3.8, 4) is 0 Å². The average molecular weight is 457 g/mol. The van der Waals surface area contributed by atoms with Crippen LogP contribution in [0.4, 0.5) is 18.9 Å². The van der Waals surface area contributed by atoms with Gasteiger partial charge in [-0.3, -0.25) is 15.0 Å². The van der Waals surface area contributed by atoms with Gasteiger partial charge in [0, 0.05) is 17.8 Å². The van der Waals surface area contributed by atoms with Gasteiger partial charge in [-0.05, 0) is 36.3 Å². The molecule has 2 aromatic carbocycles. The average Bonchev–Trinajstić information content (AvgIpc) is 2.79. The second-order valence-corrected chi connectivity index (χ2v) is 7.26. The standard InChI is InChI=1S/C23H22F3N5O2/c1-2-18(32)30-16-6-4-3-5-15(16)17-11-12-29-22(31-17)19(21(28)33)20(27)13-7-9-14(10-8-13)23(24,25)26/h2-10,17,27,29,31H,1,11-12H2,(H2,28,33)(H,30,32)/b22-19+,27-20?. The van der Waals surface area contributed by atoms with Gasteiger partial charge in [0.05, 0.1) is 17.3 Å². The molecule has 1 heterocycles. The van der Waals surface area contributed by atoms with E-state index in [-0.39, 0.29) is 34.6 Å². The van der Waals surface area contributed by atoms with E-state index in [1.807, 2.05) is 6.07 Å². The highest BCUT2D eigenvalue weighted by atomic mass is 19.4. The van der Waals surface area contributed by atoms with Crippen LogP contribution in [0.25, 0.3) is 0 Å². The van der Waals surface area contributed by atoms with Crippen LogP contribution in [0.5, 0.6) is 0 Å². The second kappa shape index (κ2) is 9.60. The number of nitrogens with two attached hydrogens (primary N) is 1. The lowest BCUT2D eigenvalue weighted by Gasteiger charge is -2.31. The Morgan fingerprint density at radius 2 is 1.82 bits per heavy atom. The molecular formula is C23H22F3N5O2. The third-order valence-corrected chi connectivity index (χ3v) is 5.08. The monoisotopic (exact) mass is 457 g/mol. The van der Waals surface area contributed by atoms with Crippen molar-refractivity contribution < 1.29 is 22.8 Å². The first kappa shape index (κ1) is 23.6. The van der Waals surface area contributed by atoms with Crippen LogP contribution >= 0.6 is 0 Å². The fourth-order valence-corrected chi connectivity index (χ4v) is 3.47. The summed E-state index contributed by atoms with van der Waals surface area (Å²) in [7, 11) is 0. The van der Waals surface area contributed by atoms with Crippen LogP contribution in [-0.4, -0.2) is 24.1 Å². The maximum absolute atomic E-state index is 12.8.